The summed E-state index contributed by atoms with van der Waals surface area (Å²) >= 11 is 0. The fourth-order valence-electron chi connectivity index (χ4n) is 2.54. The van der Waals surface area contributed by atoms with Gasteiger partial charge in [-0.2, -0.15) is 0 Å². The van der Waals surface area contributed by atoms with E-state index >= 15 is 0 Å². The van der Waals surface area contributed by atoms with E-state index in [9.17, 15) is 0 Å². The van der Waals surface area contributed by atoms with E-state index in [2.05, 4.69) is 56.3 Å². The number of aromatic nitrogens is 2. The van der Waals surface area contributed by atoms with Crippen molar-refractivity contribution in [2.24, 2.45) is 7.05 Å². The maximum Gasteiger partial charge on any atom is 0.0947 e. The second kappa shape index (κ2) is 6.23. The van der Waals surface area contributed by atoms with Crippen molar-refractivity contribution in [1.82, 2.24) is 14.9 Å². The number of aryl methyl sites for hydroxylation is 4. The smallest absolute Gasteiger partial charge is 0.0947 e. The summed E-state index contributed by atoms with van der Waals surface area (Å²) in [5, 5.41) is 3.63. The van der Waals surface area contributed by atoms with Gasteiger partial charge in [-0.15, -0.1) is 0 Å². The van der Waals surface area contributed by atoms with Crippen LogP contribution in [0.3, 0.4) is 0 Å². The third kappa shape index (κ3) is 3.10. The second-order valence-corrected chi connectivity index (χ2v) is 5.64. The van der Waals surface area contributed by atoms with Gasteiger partial charge in [-0.1, -0.05) is 19.1 Å². The molecule has 1 atom stereocenters. The van der Waals surface area contributed by atoms with Crippen LogP contribution in [0.2, 0.25) is 0 Å². The first-order valence-corrected chi connectivity index (χ1v) is 7.32. The maximum atomic E-state index is 4.54. The predicted molar refractivity (Wildman–Crippen MR) is 84.0 cm³/mol. The molecule has 3 nitrogen and oxygen atoms in total. The predicted octanol–water partition coefficient (Wildman–Crippen LogP) is 3.43. The molecule has 0 spiro atoms. The number of nitrogens with one attached hydrogen (secondary N) is 1. The lowest BCUT2D eigenvalue weighted by Gasteiger charge is -2.20. The van der Waals surface area contributed by atoms with Gasteiger partial charge in [0.25, 0.3) is 0 Å². The van der Waals surface area contributed by atoms with E-state index in [1.54, 1.807) is 0 Å². The van der Waals surface area contributed by atoms with E-state index in [1.807, 2.05) is 17.9 Å². The van der Waals surface area contributed by atoms with Crippen LogP contribution in [-0.2, 0) is 7.05 Å². The number of benzene rings is 1. The van der Waals surface area contributed by atoms with E-state index < -0.39 is 0 Å². The molecule has 1 heterocycles. The minimum absolute atomic E-state index is 0.176. The summed E-state index contributed by atoms with van der Waals surface area (Å²) in [6, 6.07) is 4.75. The van der Waals surface area contributed by atoms with Gasteiger partial charge in [0.2, 0.25) is 0 Å². The number of imidazole rings is 1. The molecule has 108 valence electrons. The summed E-state index contributed by atoms with van der Waals surface area (Å²) in [5.74, 6) is 0. The van der Waals surface area contributed by atoms with Crippen molar-refractivity contribution in [3.05, 3.63) is 52.6 Å². The van der Waals surface area contributed by atoms with Gasteiger partial charge < -0.3 is 9.88 Å². The van der Waals surface area contributed by atoms with E-state index in [1.165, 1.54) is 22.3 Å². The minimum atomic E-state index is 0.176. The summed E-state index contributed by atoms with van der Waals surface area (Å²) in [7, 11) is 2.01. The van der Waals surface area contributed by atoms with E-state index in [0.717, 1.165) is 18.7 Å². The van der Waals surface area contributed by atoms with Crippen molar-refractivity contribution in [1.29, 1.82) is 0 Å². The van der Waals surface area contributed by atoms with Gasteiger partial charge in [-0.05, 0) is 56.0 Å². The van der Waals surface area contributed by atoms with Crippen molar-refractivity contribution in [3.63, 3.8) is 0 Å². The molecule has 1 aromatic carbocycles. The zero-order valence-corrected chi connectivity index (χ0v) is 13.2. The van der Waals surface area contributed by atoms with Gasteiger partial charge in [0.15, 0.2) is 0 Å². The number of nitrogens with zero attached hydrogens (tertiary/aromatic N) is 2. The van der Waals surface area contributed by atoms with Crippen LogP contribution in [0.5, 0.6) is 0 Å². The van der Waals surface area contributed by atoms with Crippen LogP contribution < -0.4 is 5.32 Å². The summed E-state index contributed by atoms with van der Waals surface area (Å²) in [4.78, 5) is 4.54. The Hall–Kier alpha value is -1.61. The van der Waals surface area contributed by atoms with Crippen LogP contribution >= 0.6 is 0 Å². The van der Waals surface area contributed by atoms with E-state index in [0.29, 0.717) is 0 Å². The molecule has 1 aromatic heterocycles. The lowest BCUT2D eigenvalue weighted by Crippen LogP contribution is -2.24. The highest BCUT2D eigenvalue weighted by Gasteiger charge is 2.18. The second-order valence-electron chi connectivity index (χ2n) is 5.64. The summed E-state index contributed by atoms with van der Waals surface area (Å²) in [5.41, 5.74) is 6.44. The van der Waals surface area contributed by atoms with Crippen LogP contribution in [0, 0.1) is 20.8 Å². The highest BCUT2D eigenvalue weighted by Crippen LogP contribution is 2.26. The first-order valence-electron chi connectivity index (χ1n) is 7.32. The van der Waals surface area contributed by atoms with E-state index in [4.69, 9.17) is 0 Å². The molecule has 0 amide bonds. The first-order chi connectivity index (χ1) is 9.52. The van der Waals surface area contributed by atoms with Crippen LogP contribution in [-0.4, -0.2) is 16.1 Å². The Bertz CT molecular complexity index is 584. The summed E-state index contributed by atoms with van der Waals surface area (Å²) in [6.07, 6.45) is 5.08. The largest absolute Gasteiger partial charge is 0.340 e. The van der Waals surface area contributed by atoms with Gasteiger partial charge in [-0.25, -0.2) is 4.98 Å². The molecule has 2 aromatic rings. The highest BCUT2D eigenvalue weighted by molar-refractivity contribution is 5.41. The Morgan fingerprint density at radius 1 is 1.15 bits per heavy atom. The van der Waals surface area contributed by atoms with Crippen LogP contribution in [0.25, 0.3) is 0 Å². The zero-order valence-electron chi connectivity index (χ0n) is 13.2. The number of rotatable bonds is 5. The van der Waals surface area contributed by atoms with E-state index in [-0.39, 0.29) is 6.04 Å². The molecular weight excluding hydrogens is 246 g/mol. The van der Waals surface area contributed by atoms with Crippen LogP contribution in [0.15, 0.2) is 24.7 Å². The van der Waals surface area contributed by atoms with Crippen LogP contribution in [0.4, 0.5) is 0 Å². The average molecular weight is 271 g/mol. The Labute approximate surface area is 122 Å². The molecule has 3 heteroatoms. The Kier molecular flexibility index (Phi) is 4.61. The van der Waals surface area contributed by atoms with Gasteiger partial charge in [0, 0.05) is 13.2 Å². The standard InChI is InChI=1S/C17H25N3/c1-6-7-18-17(16-10-20(5)11-19-16)15-9-13(3)12(2)8-14(15)4/h8-11,17-18H,6-7H2,1-5H3. The SMILES string of the molecule is CCCNC(c1cn(C)cn1)c1cc(C)c(C)cc1C. The van der Waals surface area contributed by atoms with Crippen LogP contribution in [0.1, 0.15) is 47.3 Å². The molecule has 0 bridgehead atoms. The molecule has 1 unspecified atom stereocenters. The first kappa shape index (κ1) is 14.8. The molecule has 0 aliphatic rings. The normalized spacial score (nSPS) is 12.7. The molecule has 20 heavy (non-hydrogen) atoms. The summed E-state index contributed by atoms with van der Waals surface area (Å²) in [6.45, 7) is 9.71. The molecule has 0 radical (unpaired) electrons. The Balaban J connectivity index is 2.43. The molecule has 0 aliphatic heterocycles. The Morgan fingerprint density at radius 3 is 2.45 bits per heavy atom. The van der Waals surface area contributed by atoms with Crippen molar-refractivity contribution in [2.45, 2.75) is 40.2 Å². The monoisotopic (exact) mass is 271 g/mol. The van der Waals surface area contributed by atoms with Gasteiger partial charge in [0.05, 0.1) is 18.1 Å². The summed E-state index contributed by atoms with van der Waals surface area (Å²) < 4.78 is 2.01. The van der Waals surface area contributed by atoms with Crippen molar-refractivity contribution in [2.75, 3.05) is 6.54 Å². The quantitative estimate of drug-likeness (QED) is 0.903. The fraction of sp³-hybridized carbons (Fsp3) is 0.471. The van der Waals surface area contributed by atoms with Crippen molar-refractivity contribution >= 4 is 0 Å². The molecular formula is C17H25N3. The average Bonchev–Trinajstić information content (AvgIpc) is 2.82. The van der Waals surface area contributed by atoms with Gasteiger partial charge in [-0.3, -0.25) is 0 Å². The Morgan fingerprint density at radius 2 is 1.85 bits per heavy atom. The minimum Gasteiger partial charge on any atom is -0.340 e. The molecule has 0 fully saturated rings. The molecule has 2 rings (SSSR count). The topological polar surface area (TPSA) is 29.9 Å². The van der Waals surface area contributed by atoms with Crippen molar-refractivity contribution < 1.29 is 0 Å². The fourth-order valence-corrected chi connectivity index (χ4v) is 2.54. The zero-order chi connectivity index (χ0) is 14.7. The highest BCUT2D eigenvalue weighted by atomic mass is 15.0. The van der Waals surface area contributed by atoms with Gasteiger partial charge >= 0.3 is 0 Å². The third-order valence-corrected chi connectivity index (χ3v) is 3.81. The van der Waals surface area contributed by atoms with Crippen molar-refractivity contribution in [3.8, 4) is 0 Å². The molecule has 0 aliphatic carbocycles. The lowest BCUT2D eigenvalue weighted by atomic mass is 9.94. The third-order valence-electron chi connectivity index (χ3n) is 3.81. The van der Waals surface area contributed by atoms with Gasteiger partial charge in [0.1, 0.15) is 0 Å². The molecule has 1 N–H and O–H groups in total. The number of hydrogen-bond donors (Lipinski definition) is 1. The number of hydrogen-bond acceptors (Lipinski definition) is 2. The maximum absolute atomic E-state index is 4.54. The molecule has 0 saturated carbocycles. The molecule has 0 saturated heterocycles. The lowest BCUT2D eigenvalue weighted by molar-refractivity contribution is 0.585.